The number of aromatic carboxylic acids is 1. The third-order valence-electron chi connectivity index (χ3n) is 3.66. The maximum absolute atomic E-state index is 11.1. The first-order valence-corrected chi connectivity index (χ1v) is 7.51. The number of hydrogen-bond donors (Lipinski definition) is 1. The van der Waals surface area contributed by atoms with E-state index in [1.165, 1.54) is 28.6 Å². The highest BCUT2D eigenvalue weighted by Crippen LogP contribution is 2.23. The summed E-state index contributed by atoms with van der Waals surface area (Å²) in [5.74, 6) is -0.120. The molecule has 3 aromatic rings. The minimum Gasteiger partial charge on any atom is -0.478 e. The topological polar surface area (TPSA) is 77.2 Å². The van der Waals surface area contributed by atoms with Gasteiger partial charge in [-0.1, -0.05) is 29.8 Å². The number of carbonyl (C=O) groups is 1. The van der Waals surface area contributed by atoms with Gasteiger partial charge in [-0.05, 0) is 31.5 Å². The molecule has 0 spiro atoms. The lowest BCUT2D eigenvalue weighted by Gasteiger charge is -2.16. The molecule has 2 aromatic heterocycles. The van der Waals surface area contributed by atoms with E-state index in [4.69, 9.17) is 9.84 Å². The highest BCUT2D eigenvalue weighted by atomic mass is 16.5. The molecule has 2 heterocycles. The molecule has 0 radical (unpaired) electrons. The van der Waals surface area contributed by atoms with Gasteiger partial charge in [0.05, 0.1) is 11.8 Å². The van der Waals surface area contributed by atoms with E-state index in [1.54, 1.807) is 12.3 Å². The van der Waals surface area contributed by atoms with Crippen molar-refractivity contribution in [2.75, 3.05) is 0 Å². The quantitative estimate of drug-likeness (QED) is 0.778. The largest absolute Gasteiger partial charge is 0.478 e. The SMILES string of the molecule is Cc1ccc(C(C)Oc2ccnn2-c2cc(C(=O)O)ccn2)cc1. The zero-order valence-corrected chi connectivity index (χ0v) is 13.4. The van der Waals surface area contributed by atoms with Gasteiger partial charge in [-0.3, -0.25) is 0 Å². The second-order valence-electron chi connectivity index (χ2n) is 5.46. The highest BCUT2D eigenvalue weighted by molar-refractivity contribution is 5.87. The number of rotatable bonds is 5. The Morgan fingerprint density at radius 1 is 1.17 bits per heavy atom. The zero-order chi connectivity index (χ0) is 17.1. The summed E-state index contributed by atoms with van der Waals surface area (Å²) in [6, 6.07) is 12.7. The highest BCUT2D eigenvalue weighted by Gasteiger charge is 2.14. The molecule has 0 saturated heterocycles. The lowest BCUT2D eigenvalue weighted by Crippen LogP contribution is -2.09. The van der Waals surface area contributed by atoms with Gasteiger partial charge in [-0.2, -0.15) is 9.78 Å². The van der Waals surface area contributed by atoms with E-state index in [2.05, 4.69) is 10.1 Å². The zero-order valence-electron chi connectivity index (χ0n) is 13.4. The Hall–Kier alpha value is -3.15. The molecule has 1 N–H and O–H groups in total. The van der Waals surface area contributed by atoms with Crippen LogP contribution in [0, 0.1) is 6.92 Å². The number of carboxylic acids is 1. The van der Waals surface area contributed by atoms with Crippen LogP contribution in [0.25, 0.3) is 5.82 Å². The van der Waals surface area contributed by atoms with Gasteiger partial charge in [0, 0.05) is 12.3 Å². The van der Waals surface area contributed by atoms with Gasteiger partial charge in [-0.25, -0.2) is 9.78 Å². The monoisotopic (exact) mass is 323 g/mol. The van der Waals surface area contributed by atoms with E-state index >= 15 is 0 Å². The summed E-state index contributed by atoms with van der Waals surface area (Å²) >= 11 is 0. The van der Waals surface area contributed by atoms with Crippen molar-refractivity contribution in [3.05, 3.63) is 71.5 Å². The third kappa shape index (κ3) is 3.27. The van der Waals surface area contributed by atoms with Crippen molar-refractivity contribution in [1.29, 1.82) is 0 Å². The number of hydrogen-bond acceptors (Lipinski definition) is 4. The van der Waals surface area contributed by atoms with Crippen LogP contribution >= 0.6 is 0 Å². The van der Waals surface area contributed by atoms with E-state index in [0.29, 0.717) is 11.7 Å². The summed E-state index contributed by atoms with van der Waals surface area (Å²) < 4.78 is 7.46. The van der Waals surface area contributed by atoms with E-state index in [0.717, 1.165) is 5.56 Å². The molecule has 122 valence electrons. The molecule has 0 aliphatic carbocycles. The Morgan fingerprint density at radius 3 is 2.62 bits per heavy atom. The molecule has 0 fully saturated rings. The average Bonchev–Trinajstić information content (AvgIpc) is 3.03. The van der Waals surface area contributed by atoms with Crippen LogP contribution in [0.5, 0.6) is 5.88 Å². The lowest BCUT2D eigenvalue weighted by atomic mass is 10.1. The second kappa shape index (κ2) is 6.54. The second-order valence-corrected chi connectivity index (χ2v) is 5.46. The van der Waals surface area contributed by atoms with Crippen molar-refractivity contribution in [3.8, 4) is 11.7 Å². The maximum atomic E-state index is 11.1. The first-order valence-electron chi connectivity index (χ1n) is 7.51. The van der Waals surface area contributed by atoms with Crippen LogP contribution < -0.4 is 4.74 Å². The van der Waals surface area contributed by atoms with Gasteiger partial charge in [0.25, 0.3) is 0 Å². The molecule has 0 amide bonds. The van der Waals surface area contributed by atoms with Crippen LogP contribution in [0.4, 0.5) is 0 Å². The normalized spacial score (nSPS) is 11.9. The molecule has 6 heteroatoms. The fourth-order valence-corrected chi connectivity index (χ4v) is 2.31. The van der Waals surface area contributed by atoms with E-state index in [9.17, 15) is 4.79 Å². The summed E-state index contributed by atoms with van der Waals surface area (Å²) in [5.41, 5.74) is 2.37. The summed E-state index contributed by atoms with van der Waals surface area (Å²) in [6.45, 7) is 3.98. The van der Waals surface area contributed by atoms with Crippen molar-refractivity contribution >= 4 is 5.97 Å². The van der Waals surface area contributed by atoms with Gasteiger partial charge in [0.1, 0.15) is 6.10 Å². The molecule has 0 saturated carbocycles. The molecule has 0 bridgehead atoms. The average molecular weight is 323 g/mol. The van der Waals surface area contributed by atoms with Crippen molar-refractivity contribution in [2.24, 2.45) is 0 Å². The third-order valence-corrected chi connectivity index (χ3v) is 3.66. The van der Waals surface area contributed by atoms with Gasteiger partial charge in [0.2, 0.25) is 5.88 Å². The summed E-state index contributed by atoms with van der Waals surface area (Å²) in [7, 11) is 0. The lowest BCUT2D eigenvalue weighted by molar-refractivity contribution is 0.0696. The molecular weight excluding hydrogens is 306 g/mol. The number of carboxylic acid groups (broad SMARTS) is 1. The van der Waals surface area contributed by atoms with Crippen LogP contribution in [0.15, 0.2) is 54.9 Å². The van der Waals surface area contributed by atoms with Gasteiger partial charge < -0.3 is 9.84 Å². The van der Waals surface area contributed by atoms with Crippen LogP contribution in [-0.4, -0.2) is 25.8 Å². The van der Waals surface area contributed by atoms with E-state index in [-0.39, 0.29) is 11.7 Å². The molecular formula is C18H17N3O3. The number of nitrogens with zero attached hydrogens (tertiary/aromatic N) is 3. The maximum Gasteiger partial charge on any atom is 0.335 e. The number of benzene rings is 1. The van der Waals surface area contributed by atoms with E-state index < -0.39 is 5.97 Å². The van der Waals surface area contributed by atoms with Gasteiger partial charge in [-0.15, -0.1) is 0 Å². The smallest absolute Gasteiger partial charge is 0.335 e. The minimum atomic E-state index is -1.01. The first-order chi connectivity index (χ1) is 11.5. The summed E-state index contributed by atoms with van der Waals surface area (Å²) in [6.07, 6.45) is 2.85. The van der Waals surface area contributed by atoms with Gasteiger partial charge >= 0.3 is 5.97 Å². The number of ether oxygens (including phenoxy) is 1. The minimum absolute atomic E-state index is 0.146. The van der Waals surface area contributed by atoms with Crippen LogP contribution in [-0.2, 0) is 0 Å². The molecule has 1 aromatic carbocycles. The molecule has 0 aliphatic rings. The van der Waals surface area contributed by atoms with Gasteiger partial charge in [0.15, 0.2) is 5.82 Å². The molecule has 1 atom stereocenters. The van der Waals surface area contributed by atoms with Crippen molar-refractivity contribution in [3.63, 3.8) is 0 Å². The molecule has 6 nitrogen and oxygen atoms in total. The molecule has 3 rings (SSSR count). The molecule has 0 aliphatic heterocycles. The Kier molecular flexibility index (Phi) is 4.29. The fourth-order valence-electron chi connectivity index (χ4n) is 2.31. The van der Waals surface area contributed by atoms with Crippen molar-refractivity contribution < 1.29 is 14.6 Å². The van der Waals surface area contributed by atoms with Crippen LogP contribution in [0.2, 0.25) is 0 Å². The van der Waals surface area contributed by atoms with Crippen LogP contribution in [0.1, 0.15) is 34.5 Å². The first kappa shape index (κ1) is 15.7. The number of pyridine rings is 1. The number of aryl methyl sites for hydroxylation is 1. The Balaban J connectivity index is 1.86. The van der Waals surface area contributed by atoms with E-state index in [1.807, 2.05) is 38.1 Å². The Labute approximate surface area is 139 Å². The fraction of sp³-hybridized carbons (Fsp3) is 0.167. The standard InChI is InChI=1S/C18H17N3O3/c1-12-3-5-14(6-4-12)13(2)24-17-8-10-20-21(17)16-11-15(18(22)23)7-9-19-16/h3-11,13H,1-2H3,(H,22,23). The predicted molar refractivity (Wildman–Crippen MR) is 88.5 cm³/mol. The Bertz CT molecular complexity index is 856. The molecule has 1 unspecified atom stereocenters. The predicted octanol–water partition coefficient (Wildman–Crippen LogP) is 3.41. The molecule has 24 heavy (non-hydrogen) atoms. The Morgan fingerprint density at radius 2 is 1.92 bits per heavy atom. The summed E-state index contributed by atoms with van der Waals surface area (Å²) in [4.78, 5) is 15.3. The van der Waals surface area contributed by atoms with Crippen LogP contribution in [0.3, 0.4) is 0 Å². The van der Waals surface area contributed by atoms with Crippen molar-refractivity contribution in [2.45, 2.75) is 20.0 Å². The number of aromatic nitrogens is 3. The van der Waals surface area contributed by atoms with Crippen molar-refractivity contribution in [1.82, 2.24) is 14.8 Å². The summed E-state index contributed by atoms with van der Waals surface area (Å²) in [5, 5.41) is 13.3.